The maximum atomic E-state index is 12.2. The molecule has 0 saturated heterocycles. The lowest BCUT2D eigenvalue weighted by Crippen LogP contribution is -2.13. The van der Waals surface area contributed by atoms with Crippen LogP contribution in [0.2, 0.25) is 5.02 Å². The molecule has 19 heavy (non-hydrogen) atoms. The largest absolute Gasteiger partial charge is 0.392 e. The van der Waals surface area contributed by atoms with Crippen molar-refractivity contribution in [1.82, 2.24) is 0 Å². The van der Waals surface area contributed by atoms with Crippen LogP contribution in [0.25, 0.3) is 0 Å². The van der Waals surface area contributed by atoms with Crippen LogP contribution in [0, 0.1) is 0 Å². The number of aliphatic hydroxyl groups excluding tert-OH is 1. The molecule has 0 fully saturated rings. The minimum absolute atomic E-state index is 0.0195. The molecule has 0 amide bonds. The van der Waals surface area contributed by atoms with Crippen molar-refractivity contribution < 1.29 is 13.5 Å². The highest BCUT2D eigenvalue weighted by Gasteiger charge is 2.17. The lowest BCUT2D eigenvalue weighted by atomic mass is 10.2. The molecule has 0 atom stereocenters. The van der Waals surface area contributed by atoms with E-state index in [1.807, 2.05) is 0 Å². The van der Waals surface area contributed by atoms with Gasteiger partial charge in [0.25, 0.3) is 10.0 Å². The molecule has 0 aromatic heterocycles. The number of anilines is 1. The van der Waals surface area contributed by atoms with Gasteiger partial charge in [-0.3, -0.25) is 4.72 Å². The molecule has 2 N–H and O–H groups in total. The van der Waals surface area contributed by atoms with Crippen molar-refractivity contribution in [2.75, 3.05) is 4.72 Å². The van der Waals surface area contributed by atoms with E-state index in [-0.39, 0.29) is 16.5 Å². The highest BCUT2D eigenvalue weighted by molar-refractivity contribution is 7.92. The Labute approximate surface area is 116 Å². The second kappa shape index (κ2) is 5.61. The monoisotopic (exact) mass is 297 g/mol. The molecule has 0 saturated carbocycles. The number of hydrogen-bond donors (Lipinski definition) is 2. The molecule has 0 radical (unpaired) electrons. The van der Waals surface area contributed by atoms with Crippen molar-refractivity contribution >= 4 is 27.3 Å². The number of benzene rings is 2. The van der Waals surface area contributed by atoms with Crippen LogP contribution in [-0.2, 0) is 16.6 Å². The van der Waals surface area contributed by atoms with Gasteiger partial charge in [0.1, 0.15) is 4.90 Å². The summed E-state index contributed by atoms with van der Waals surface area (Å²) in [5, 5.41) is 9.18. The van der Waals surface area contributed by atoms with Gasteiger partial charge in [-0.05, 0) is 29.8 Å². The normalized spacial score (nSPS) is 11.3. The summed E-state index contributed by atoms with van der Waals surface area (Å²) in [5.74, 6) is 0. The average Bonchev–Trinajstić information content (AvgIpc) is 2.38. The summed E-state index contributed by atoms with van der Waals surface area (Å²) >= 11 is 5.87. The van der Waals surface area contributed by atoms with Gasteiger partial charge in [0.15, 0.2) is 0 Å². The zero-order valence-corrected chi connectivity index (χ0v) is 11.4. The fourth-order valence-electron chi connectivity index (χ4n) is 1.61. The smallest absolute Gasteiger partial charge is 0.263 e. The Morgan fingerprint density at radius 2 is 1.84 bits per heavy atom. The highest BCUT2D eigenvalue weighted by atomic mass is 35.5. The molecule has 100 valence electrons. The summed E-state index contributed by atoms with van der Waals surface area (Å²) in [7, 11) is -3.73. The van der Waals surface area contributed by atoms with Crippen LogP contribution in [-0.4, -0.2) is 13.5 Å². The van der Waals surface area contributed by atoms with Crippen molar-refractivity contribution in [3.8, 4) is 0 Å². The lowest BCUT2D eigenvalue weighted by Gasteiger charge is -2.10. The van der Waals surface area contributed by atoms with Crippen LogP contribution in [0.5, 0.6) is 0 Å². The number of rotatable bonds is 4. The lowest BCUT2D eigenvalue weighted by molar-refractivity contribution is 0.282. The van der Waals surface area contributed by atoms with E-state index in [2.05, 4.69) is 4.72 Å². The van der Waals surface area contributed by atoms with Gasteiger partial charge in [0.2, 0.25) is 0 Å². The Morgan fingerprint density at radius 1 is 1.11 bits per heavy atom. The van der Waals surface area contributed by atoms with Crippen molar-refractivity contribution in [1.29, 1.82) is 0 Å². The summed E-state index contributed by atoms with van der Waals surface area (Å²) in [4.78, 5) is 0.0195. The van der Waals surface area contributed by atoms with E-state index in [1.165, 1.54) is 12.1 Å². The Balaban J connectivity index is 2.34. The van der Waals surface area contributed by atoms with Gasteiger partial charge in [-0.2, -0.15) is 0 Å². The average molecular weight is 298 g/mol. The topological polar surface area (TPSA) is 66.4 Å². The zero-order valence-electron chi connectivity index (χ0n) is 9.88. The van der Waals surface area contributed by atoms with Crippen molar-refractivity contribution in [2.24, 2.45) is 0 Å². The Morgan fingerprint density at radius 3 is 2.53 bits per heavy atom. The van der Waals surface area contributed by atoms with Crippen LogP contribution >= 0.6 is 11.6 Å². The second-order valence-corrected chi connectivity index (χ2v) is 5.95. The Kier molecular flexibility index (Phi) is 4.09. The van der Waals surface area contributed by atoms with Gasteiger partial charge in [-0.25, -0.2) is 8.42 Å². The Hall–Kier alpha value is -1.56. The first kappa shape index (κ1) is 13.9. The van der Waals surface area contributed by atoms with Crippen LogP contribution in [0.3, 0.4) is 0 Å². The molecule has 0 aliphatic rings. The zero-order chi connectivity index (χ0) is 13.9. The van der Waals surface area contributed by atoms with E-state index in [0.29, 0.717) is 11.3 Å². The molecule has 0 unspecified atom stereocenters. The van der Waals surface area contributed by atoms with E-state index < -0.39 is 10.0 Å². The van der Waals surface area contributed by atoms with Gasteiger partial charge in [0, 0.05) is 5.69 Å². The van der Waals surface area contributed by atoms with E-state index in [9.17, 15) is 8.42 Å². The number of halogens is 1. The van der Waals surface area contributed by atoms with Crippen LogP contribution in [0.1, 0.15) is 5.56 Å². The first-order valence-corrected chi connectivity index (χ1v) is 7.36. The molecule has 2 rings (SSSR count). The van der Waals surface area contributed by atoms with Gasteiger partial charge in [-0.1, -0.05) is 35.9 Å². The van der Waals surface area contributed by atoms with Gasteiger partial charge >= 0.3 is 0 Å². The van der Waals surface area contributed by atoms with Gasteiger partial charge < -0.3 is 5.11 Å². The van der Waals surface area contributed by atoms with Crippen LogP contribution in [0.15, 0.2) is 53.4 Å². The highest BCUT2D eigenvalue weighted by Crippen LogP contribution is 2.23. The predicted octanol–water partition coefficient (Wildman–Crippen LogP) is 2.63. The number of aliphatic hydroxyl groups is 1. The third-order valence-electron chi connectivity index (χ3n) is 2.49. The van der Waals surface area contributed by atoms with E-state index in [1.54, 1.807) is 36.4 Å². The number of sulfonamides is 1. The van der Waals surface area contributed by atoms with Gasteiger partial charge in [-0.15, -0.1) is 0 Å². The summed E-state index contributed by atoms with van der Waals surface area (Å²) in [6.45, 7) is -0.151. The fraction of sp³-hybridized carbons (Fsp3) is 0.0769. The molecule has 4 nitrogen and oxygen atoms in total. The van der Waals surface area contributed by atoms with Crippen molar-refractivity contribution in [3.05, 3.63) is 59.1 Å². The Bertz CT molecular complexity index is 686. The molecular weight excluding hydrogens is 286 g/mol. The van der Waals surface area contributed by atoms with Gasteiger partial charge in [0.05, 0.1) is 11.6 Å². The molecule has 6 heteroatoms. The standard InChI is InChI=1S/C13H12ClNO3S/c14-12-6-1-2-7-13(12)19(17,18)15-11-5-3-4-10(8-11)9-16/h1-8,15-16H,9H2. The minimum Gasteiger partial charge on any atom is -0.392 e. The minimum atomic E-state index is -3.73. The first-order chi connectivity index (χ1) is 9.03. The van der Waals surface area contributed by atoms with Crippen LogP contribution in [0.4, 0.5) is 5.69 Å². The third-order valence-corrected chi connectivity index (χ3v) is 4.37. The second-order valence-electron chi connectivity index (χ2n) is 3.89. The summed E-state index contributed by atoms with van der Waals surface area (Å²) in [6, 6.07) is 12.7. The summed E-state index contributed by atoms with van der Waals surface area (Å²) in [5.41, 5.74) is 1.01. The SMILES string of the molecule is O=S(=O)(Nc1cccc(CO)c1)c1ccccc1Cl. The summed E-state index contributed by atoms with van der Waals surface area (Å²) < 4.78 is 26.8. The molecule has 0 spiro atoms. The van der Waals surface area contributed by atoms with Crippen molar-refractivity contribution in [2.45, 2.75) is 11.5 Å². The molecule has 0 bridgehead atoms. The quantitative estimate of drug-likeness (QED) is 0.911. The number of nitrogens with one attached hydrogen (secondary N) is 1. The predicted molar refractivity (Wildman–Crippen MR) is 74.6 cm³/mol. The molecule has 2 aromatic rings. The van der Waals surface area contributed by atoms with E-state index >= 15 is 0 Å². The first-order valence-electron chi connectivity index (χ1n) is 5.50. The fourth-order valence-corrected chi connectivity index (χ4v) is 3.18. The maximum Gasteiger partial charge on any atom is 0.263 e. The van der Waals surface area contributed by atoms with E-state index in [4.69, 9.17) is 16.7 Å². The number of hydrogen-bond acceptors (Lipinski definition) is 3. The molecule has 0 aliphatic heterocycles. The summed E-state index contributed by atoms with van der Waals surface area (Å²) in [6.07, 6.45) is 0. The third kappa shape index (κ3) is 3.26. The molecule has 0 aliphatic carbocycles. The maximum absolute atomic E-state index is 12.2. The van der Waals surface area contributed by atoms with E-state index in [0.717, 1.165) is 0 Å². The van der Waals surface area contributed by atoms with Crippen molar-refractivity contribution in [3.63, 3.8) is 0 Å². The molecule has 0 heterocycles. The molecule has 2 aromatic carbocycles. The molecular formula is C13H12ClNO3S. The van der Waals surface area contributed by atoms with Crippen LogP contribution < -0.4 is 4.72 Å².